The van der Waals surface area contributed by atoms with Crippen molar-refractivity contribution in [3.8, 4) is 11.3 Å². The molecule has 0 aliphatic heterocycles. The molecule has 0 atom stereocenters. The Balaban J connectivity index is 1.99. The van der Waals surface area contributed by atoms with Crippen LogP contribution < -0.4 is 11.1 Å². The van der Waals surface area contributed by atoms with Gasteiger partial charge in [-0.3, -0.25) is 14.3 Å². The van der Waals surface area contributed by atoms with E-state index in [2.05, 4.69) is 15.6 Å². The molecule has 0 bridgehead atoms. The summed E-state index contributed by atoms with van der Waals surface area (Å²) < 4.78 is 6.66. The van der Waals surface area contributed by atoms with Crippen LogP contribution in [0.1, 0.15) is 27.8 Å². The van der Waals surface area contributed by atoms with E-state index in [-0.39, 0.29) is 5.56 Å². The van der Waals surface area contributed by atoms with Crippen LogP contribution in [0.2, 0.25) is 0 Å². The maximum atomic E-state index is 12.8. The number of nitrogens with zero attached hydrogens (tertiary/aromatic N) is 3. The molecule has 24 heavy (non-hydrogen) atoms. The van der Waals surface area contributed by atoms with Crippen molar-refractivity contribution < 1.29 is 14.1 Å². The van der Waals surface area contributed by atoms with Gasteiger partial charge in [0.25, 0.3) is 11.8 Å². The lowest BCUT2D eigenvalue weighted by molar-refractivity contribution is 0.100. The lowest BCUT2D eigenvalue weighted by Crippen LogP contribution is -2.21. The number of aryl methyl sites for hydroxylation is 1. The summed E-state index contributed by atoms with van der Waals surface area (Å²) in [5.74, 6) is -0.608. The smallest absolute Gasteiger partial charge is 0.274 e. The van der Waals surface area contributed by atoms with Crippen molar-refractivity contribution in [3.63, 3.8) is 0 Å². The standard InChI is InChI=1S/C16H15N5O3/c1-2-21-14(11(9-18-21)13-7-8-19-24-13)16(23)20-12-6-4-3-5-10(12)15(17)22/h3-9H,2H2,1H3,(H2,17,22)(H,20,23). The second-order valence-corrected chi connectivity index (χ2v) is 4.96. The van der Waals surface area contributed by atoms with Gasteiger partial charge in [-0.1, -0.05) is 17.3 Å². The summed E-state index contributed by atoms with van der Waals surface area (Å²) >= 11 is 0. The van der Waals surface area contributed by atoms with Crippen LogP contribution in [-0.2, 0) is 6.54 Å². The van der Waals surface area contributed by atoms with Crippen molar-refractivity contribution >= 4 is 17.5 Å². The van der Waals surface area contributed by atoms with Gasteiger partial charge in [0, 0.05) is 12.6 Å². The first-order chi connectivity index (χ1) is 11.6. The molecule has 8 nitrogen and oxygen atoms in total. The van der Waals surface area contributed by atoms with Crippen LogP contribution in [0.4, 0.5) is 5.69 Å². The number of aromatic nitrogens is 3. The number of anilines is 1. The minimum absolute atomic E-state index is 0.231. The first-order valence-electron chi connectivity index (χ1n) is 7.28. The van der Waals surface area contributed by atoms with Gasteiger partial charge >= 0.3 is 0 Å². The summed E-state index contributed by atoms with van der Waals surface area (Å²) in [7, 11) is 0. The highest BCUT2D eigenvalue weighted by Crippen LogP contribution is 2.25. The molecule has 0 saturated heterocycles. The van der Waals surface area contributed by atoms with Crippen LogP contribution in [0.5, 0.6) is 0 Å². The van der Waals surface area contributed by atoms with E-state index in [1.54, 1.807) is 41.2 Å². The number of rotatable bonds is 5. The lowest BCUT2D eigenvalue weighted by atomic mass is 10.1. The van der Waals surface area contributed by atoms with E-state index in [0.29, 0.717) is 29.2 Å². The Hall–Kier alpha value is -3.42. The molecule has 3 rings (SSSR count). The average molecular weight is 325 g/mol. The number of nitrogens with two attached hydrogens (primary N) is 1. The van der Waals surface area contributed by atoms with Crippen molar-refractivity contribution in [3.05, 3.63) is 54.0 Å². The van der Waals surface area contributed by atoms with Crippen molar-refractivity contribution in [2.75, 3.05) is 5.32 Å². The van der Waals surface area contributed by atoms with E-state index in [1.165, 1.54) is 6.20 Å². The Morgan fingerprint density at radius 2 is 2.08 bits per heavy atom. The van der Waals surface area contributed by atoms with Gasteiger partial charge in [-0.2, -0.15) is 5.10 Å². The number of amides is 2. The maximum Gasteiger partial charge on any atom is 0.274 e. The fourth-order valence-electron chi connectivity index (χ4n) is 2.39. The van der Waals surface area contributed by atoms with Crippen molar-refractivity contribution in [1.82, 2.24) is 14.9 Å². The number of hydrogen-bond donors (Lipinski definition) is 2. The minimum Gasteiger partial charge on any atom is -0.366 e. The number of para-hydroxylation sites is 1. The third-order valence-corrected chi connectivity index (χ3v) is 3.50. The number of nitrogens with one attached hydrogen (secondary N) is 1. The molecule has 8 heteroatoms. The van der Waals surface area contributed by atoms with E-state index < -0.39 is 11.8 Å². The fourth-order valence-corrected chi connectivity index (χ4v) is 2.39. The summed E-state index contributed by atoms with van der Waals surface area (Å²) in [6.45, 7) is 2.36. The van der Waals surface area contributed by atoms with Crippen LogP contribution >= 0.6 is 0 Å². The Labute approximate surface area is 137 Å². The summed E-state index contributed by atoms with van der Waals surface area (Å²) in [4.78, 5) is 24.3. The molecule has 0 saturated carbocycles. The molecule has 2 aromatic heterocycles. The molecule has 2 heterocycles. The topological polar surface area (TPSA) is 116 Å². The highest BCUT2D eigenvalue weighted by atomic mass is 16.5. The predicted molar refractivity (Wildman–Crippen MR) is 86.3 cm³/mol. The molecule has 3 aromatic rings. The minimum atomic E-state index is -0.620. The third-order valence-electron chi connectivity index (χ3n) is 3.50. The highest BCUT2D eigenvalue weighted by molar-refractivity contribution is 6.10. The van der Waals surface area contributed by atoms with Crippen molar-refractivity contribution in [2.45, 2.75) is 13.5 Å². The van der Waals surface area contributed by atoms with Crippen LogP contribution in [0.3, 0.4) is 0 Å². The third kappa shape index (κ3) is 2.76. The highest BCUT2D eigenvalue weighted by Gasteiger charge is 2.22. The molecule has 0 radical (unpaired) electrons. The molecule has 2 amide bonds. The zero-order chi connectivity index (χ0) is 17.1. The first kappa shape index (κ1) is 15.5. The first-order valence-corrected chi connectivity index (χ1v) is 7.28. The van der Waals surface area contributed by atoms with Gasteiger partial charge in [0.1, 0.15) is 5.69 Å². The van der Waals surface area contributed by atoms with Gasteiger partial charge in [-0.05, 0) is 19.1 Å². The molecule has 0 fully saturated rings. The molecule has 0 aliphatic rings. The summed E-state index contributed by atoms with van der Waals surface area (Å²) in [5.41, 5.74) is 6.74. The van der Waals surface area contributed by atoms with E-state index in [9.17, 15) is 9.59 Å². The monoisotopic (exact) mass is 325 g/mol. The Morgan fingerprint density at radius 3 is 2.75 bits per heavy atom. The number of benzene rings is 1. The van der Waals surface area contributed by atoms with E-state index in [0.717, 1.165) is 0 Å². The average Bonchev–Trinajstić information content (AvgIpc) is 3.23. The molecule has 0 spiro atoms. The molecule has 0 aliphatic carbocycles. The largest absolute Gasteiger partial charge is 0.366 e. The van der Waals surface area contributed by atoms with Gasteiger partial charge in [-0.15, -0.1) is 0 Å². The molecular formula is C16H15N5O3. The van der Waals surface area contributed by atoms with Crippen LogP contribution in [0.25, 0.3) is 11.3 Å². The number of carbonyl (C=O) groups is 2. The Bertz CT molecular complexity index is 883. The van der Waals surface area contributed by atoms with Crippen molar-refractivity contribution in [2.24, 2.45) is 5.73 Å². The molecule has 0 unspecified atom stereocenters. The quantitative estimate of drug-likeness (QED) is 0.743. The lowest BCUT2D eigenvalue weighted by Gasteiger charge is -2.10. The van der Waals surface area contributed by atoms with E-state index >= 15 is 0 Å². The number of primary amides is 1. The van der Waals surface area contributed by atoms with Crippen LogP contribution in [0.15, 0.2) is 47.2 Å². The zero-order valence-electron chi connectivity index (χ0n) is 12.9. The molecular weight excluding hydrogens is 310 g/mol. The molecule has 3 N–H and O–H groups in total. The maximum absolute atomic E-state index is 12.8. The van der Waals surface area contributed by atoms with Gasteiger partial charge in [0.15, 0.2) is 5.76 Å². The summed E-state index contributed by atoms with van der Waals surface area (Å²) in [5, 5.41) is 10.5. The summed E-state index contributed by atoms with van der Waals surface area (Å²) in [6, 6.07) is 8.18. The Kier molecular flexibility index (Phi) is 4.11. The predicted octanol–water partition coefficient (Wildman–Crippen LogP) is 1.91. The van der Waals surface area contributed by atoms with Gasteiger partial charge in [0.05, 0.1) is 29.2 Å². The normalized spacial score (nSPS) is 10.5. The van der Waals surface area contributed by atoms with Crippen LogP contribution in [0, 0.1) is 0 Å². The van der Waals surface area contributed by atoms with Gasteiger partial charge in [-0.25, -0.2) is 0 Å². The second kappa shape index (κ2) is 6.37. The second-order valence-electron chi connectivity index (χ2n) is 4.96. The molecule has 1 aromatic carbocycles. The zero-order valence-corrected chi connectivity index (χ0v) is 12.9. The number of carbonyl (C=O) groups excluding carboxylic acids is 2. The summed E-state index contributed by atoms with van der Waals surface area (Å²) in [6.07, 6.45) is 3.03. The number of hydrogen-bond acceptors (Lipinski definition) is 5. The van der Waals surface area contributed by atoms with E-state index in [4.69, 9.17) is 10.3 Å². The van der Waals surface area contributed by atoms with Crippen LogP contribution in [-0.4, -0.2) is 26.8 Å². The fraction of sp³-hybridized carbons (Fsp3) is 0.125. The Morgan fingerprint density at radius 1 is 1.29 bits per heavy atom. The van der Waals surface area contributed by atoms with Gasteiger partial charge in [0.2, 0.25) is 0 Å². The molecule has 122 valence electrons. The SMILES string of the molecule is CCn1ncc(-c2ccno2)c1C(=O)Nc1ccccc1C(N)=O. The van der Waals surface area contributed by atoms with Gasteiger partial charge < -0.3 is 15.6 Å². The van der Waals surface area contributed by atoms with Crippen molar-refractivity contribution in [1.29, 1.82) is 0 Å². The van der Waals surface area contributed by atoms with E-state index in [1.807, 2.05) is 6.92 Å².